The summed E-state index contributed by atoms with van der Waals surface area (Å²) in [4.78, 5) is 13.3. The Kier molecular flexibility index (Phi) is 3.79. The van der Waals surface area contributed by atoms with Gasteiger partial charge in [0.05, 0.1) is 13.1 Å². The van der Waals surface area contributed by atoms with Crippen LogP contribution in [0.5, 0.6) is 0 Å². The SMILES string of the molecule is Cc1cc(C)cc(NC(=O)C[NH+]2CCCC2)c1. The number of hydrogen-bond acceptors (Lipinski definition) is 1. The van der Waals surface area contributed by atoms with Crippen LogP contribution < -0.4 is 10.2 Å². The number of likely N-dealkylation sites (tertiary alicyclic amines) is 1. The van der Waals surface area contributed by atoms with Gasteiger partial charge in [0.2, 0.25) is 0 Å². The summed E-state index contributed by atoms with van der Waals surface area (Å²) in [5.41, 5.74) is 3.30. The van der Waals surface area contributed by atoms with Gasteiger partial charge in [-0.05, 0) is 37.1 Å². The second-order valence-electron chi connectivity index (χ2n) is 5.06. The maximum Gasteiger partial charge on any atom is 0.279 e. The zero-order valence-electron chi connectivity index (χ0n) is 10.7. The van der Waals surface area contributed by atoms with Crippen molar-refractivity contribution in [2.45, 2.75) is 26.7 Å². The van der Waals surface area contributed by atoms with Gasteiger partial charge in [-0.15, -0.1) is 0 Å². The number of nitrogens with one attached hydrogen (secondary N) is 2. The van der Waals surface area contributed by atoms with Gasteiger partial charge in [-0.3, -0.25) is 4.79 Å². The average Bonchev–Trinajstić information content (AvgIpc) is 2.67. The second kappa shape index (κ2) is 5.32. The predicted octanol–water partition coefficient (Wildman–Crippen LogP) is 0.921. The minimum atomic E-state index is 0.131. The van der Waals surface area contributed by atoms with Crippen molar-refractivity contribution in [3.8, 4) is 0 Å². The molecule has 1 aliphatic rings. The Hall–Kier alpha value is -1.35. The number of hydrogen-bond donors (Lipinski definition) is 2. The van der Waals surface area contributed by atoms with Crippen LogP contribution in [-0.4, -0.2) is 25.5 Å². The van der Waals surface area contributed by atoms with Crippen LogP contribution in [0.1, 0.15) is 24.0 Å². The fourth-order valence-electron chi connectivity index (χ4n) is 2.53. The molecule has 1 fully saturated rings. The number of carbonyl (C=O) groups is 1. The molecule has 0 spiro atoms. The van der Waals surface area contributed by atoms with Crippen molar-refractivity contribution in [1.82, 2.24) is 0 Å². The highest BCUT2D eigenvalue weighted by atomic mass is 16.2. The van der Waals surface area contributed by atoms with E-state index in [0.717, 1.165) is 18.8 Å². The van der Waals surface area contributed by atoms with Crippen molar-refractivity contribution in [2.24, 2.45) is 0 Å². The first-order chi connectivity index (χ1) is 8.13. The standard InChI is InChI=1S/C14H20N2O/c1-11-7-12(2)9-13(8-11)15-14(17)10-16-5-3-4-6-16/h7-9H,3-6,10H2,1-2H3,(H,15,17)/p+1. The summed E-state index contributed by atoms with van der Waals surface area (Å²) in [7, 11) is 0. The van der Waals surface area contributed by atoms with E-state index < -0.39 is 0 Å². The Balaban J connectivity index is 1.92. The molecule has 0 atom stereocenters. The van der Waals surface area contributed by atoms with E-state index in [1.165, 1.54) is 28.9 Å². The van der Waals surface area contributed by atoms with Crippen LogP contribution >= 0.6 is 0 Å². The summed E-state index contributed by atoms with van der Waals surface area (Å²) in [5, 5.41) is 2.99. The molecule has 1 aromatic carbocycles. The fourth-order valence-corrected chi connectivity index (χ4v) is 2.53. The third-order valence-corrected chi connectivity index (χ3v) is 3.23. The lowest BCUT2D eigenvalue weighted by atomic mass is 10.1. The van der Waals surface area contributed by atoms with Crippen molar-refractivity contribution in [3.63, 3.8) is 0 Å². The van der Waals surface area contributed by atoms with E-state index in [4.69, 9.17) is 0 Å². The topological polar surface area (TPSA) is 33.5 Å². The van der Waals surface area contributed by atoms with Gasteiger partial charge in [-0.25, -0.2) is 0 Å². The van der Waals surface area contributed by atoms with Gasteiger partial charge in [-0.2, -0.15) is 0 Å². The summed E-state index contributed by atoms with van der Waals surface area (Å²) in [6.07, 6.45) is 2.51. The Morgan fingerprint density at radius 1 is 1.18 bits per heavy atom. The third-order valence-electron chi connectivity index (χ3n) is 3.23. The molecular weight excluding hydrogens is 212 g/mol. The predicted molar refractivity (Wildman–Crippen MR) is 69.3 cm³/mol. The Morgan fingerprint density at radius 2 is 1.76 bits per heavy atom. The number of carbonyl (C=O) groups excluding carboxylic acids is 1. The van der Waals surface area contributed by atoms with Crippen LogP contribution in [0.4, 0.5) is 5.69 Å². The lowest BCUT2D eigenvalue weighted by molar-refractivity contribution is -0.878. The van der Waals surface area contributed by atoms with Gasteiger partial charge >= 0.3 is 0 Å². The molecule has 0 saturated carbocycles. The van der Waals surface area contributed by atoms with E-state index in [1.807, 2.05) is 26.0 Å². The van der Waals surface area contributed by atoms with E-state index in [0.29, 0.717) is 6.54 Å². The molecule has 3 heteroatoms. The quantitative estimate of drug-likeness (QED) is 0.800. The summed E-state index contributed by atoms with van der Waals surface area (Å²) in [6.45, 7) is 6.98. The molecule has 1 aliphatic heterocycles. The zero-order chi connectivity index (χ0) is 12.3. The molecule has 1 aromatic rings. The minimum absolute atomic E-state index is 0.131. The first-order valence-electron chi connectivity index (χ1n) is 6.35. The number of anilines is 1. The number of quaternary nitrogens is 1. The van der Waals surface area contributed by atoms with Gasteiger partial charge < -0.3 is 10.2 Å². The maximum atomic E-state index is 11.9. The van der Waals surface area contributed by atoms with Gasteiger partial charge in [-0.1, -0.05) is 6.07 Å². The molecule has 0 radical (unpaired) electrons. The van der Waals surface area contributed by atoms with E-state index in [2.05, 4.69) is 11.4 Å². The number of rotatable bonds is 3. The Morgan fingerprint density at radius 3 is 2.35 bits per heavy atom. The highest BCUT2D eigenvalue weighted by Gasteiger charge is 2.18. The zero-order valence-corrected chi connectivity index (χ0v) is 10.7. The number of amides is 1. The summed E-state index contributed by atoms with van der Waals surface area (Å²) in [6, 6.07) is 6.15. The molecular formula is C14H21N2O+. The van der Waals surface area contributed by atoms with Crippen LogP contribution in [0.3, 0.4) is 0 Å². The van der Waals surface area contributed by atoms with Crippen LogP contribution in [0.15, 0.2) is 18.2 Å². The molecule has 2 rings (SSSR count). The van der Waals surface area contributed by atoms with Gasteiger partial charge in [0.25, 0.3) is 5.91 Å². The van der Waals surface area contributed by atoms with Gasteiger partial charge in [0, 0.05) is 18.5 Å². The molecule has 3 nitrogen and oxygen atoms in total. The largest absolute Gasteiger partial charge is 0.327 e. The maximum absolute atomic E-state index is 11.9. The molecule has 1 heterocycles. The summed E-state index contributed by atoms with van der Waals surface area (Å²) in [5.74, 6) is 0.131. The molecule has 92 valence electrons. The van der Waals surface area contributed by atoms with Crippen LogP contribution in [0.25, 0.3) is 0 Å². The molecule has 2 N–H and O–H groups in total. The normalized spacial score (nSPS) is 16.1. The molecule has 0 bridgehead atoms. The van der Waals surface area contributed by atoms with E-state index in [-0.39, 0.29) is 5.91 Å². The number of aryl methyl sites for hydroxylation is 2. The van der Waals surface area contributed by atoms with E-state index >= 15 is 0 Å². The molecule has 1 amide bonds. The lowest BCUT2D eigenvalue weighted by Gasteiger charge is -2.12. The van der Waals surface area contributed by atoms with Crippen molar-refractivity contribution >= 4 is 11.6 Å². The van der Waals surface area contributed by atoms with Crippen LogP contribution in [0, 0.1) is 13.8 Å². The van der Waals surface area contributed by atoms with Gasteiger partial charge in [0.15, 0.2) is 6.54 Å². The van der Waals surface area contributed by atoms with E-state index in [1.54, 1.807) is 0 Å². The molecule has 17 heavy (non-hydrogen) atoms. The van der Waals surface area contributed by atoms with E-state index in [9.17, 15) is 4.79 Å². The summed E-state index contributed by atoms with van der Waals surface area (Å²) >= 11 is 0. The second-order valence-corrected chi connectivity index (χ2v) is 5.06. The molecule has 0 aromatic heterocycles. The van der Waals surface area contributed by atoms with Crippen molar-refractivity contribution in [2.75, 3.05) is 25.0 Å². The number of benzene rings is 1. The smallest absolute Gasteiger partial charge is 0.279 e. The minimum Gasteiger partial charge on any atom is -0.327 e. The van der Waals surface area contributed by atoms with Crippen molar-refractivity contribution in [3.05, 3.63) is 29.3 Å². The fraction of sp³-hybridized carbons (Fsp3) is 0.500. The first-order valence-corrected chi connectivity index (χ1v) is 6.35. The molecule has 0 aliphatic carbocycles. The first kappa shape index (κ1) is 12.1. The van der Waals surface area contributed by atoms with Crippen molar-refractivity contribution in [1.29, 1.82) is 0 Å². The van der Waals surface area contributed by atoms with Crippen molar-refractivity contribution < 1.29 is 9.69 Å². The Labute approximate surface area is 103 Å². The van der Waals surface area contributed by atoms with Gasteiger partial charge in [0.1, 0.15) is 0 Å². The highest BCUT2D eigenvalue weighted by molar-refractivity contribution is 5.91. The molecule has 0 unspecified atom stereocenters. The Bertz CT molecular complexity index is 388. The summed E-state index contributed by atoms with van der Waals surface area (Å²) < 4.78 is 0. The van der Waals surface area contributed by atoms with Crippen LogP contribution in [0.2, 0.25) is 0 Å². The molecule has 1 saturated heterocycles. The highest BCUT2D eigenvalue weighted by Crippen LogP contribution is 2.13. The third kappa shape index (κ3) is 3.56. The monoisotopic (exact) mass is 233 g/mol. The lowest BCUT2D eigenvalue weighted by Crippen LogP contribution is -3.11. The average molecular weight is 233 g/mol. The van der Waals surface area contributed by atoms with Crippen LogP contribution in [-0.2, 0) is 4.79 Å².